The van der Waals surface area contributed by atoms with Crippen LogP contribution in [0.3, 0.4) is 0 Å². The van der Waals surface area contributed by atoms with Gasteiger partial charge in [-0.05, 0) is 89.8 Å². The molecule has 2 aromatic rings. The number of rotatable bonds is 4. The fourth-order valence-electron chi connectivity index (χ4n) is 6.42. The number of piperidine rings is 2. The number of carbonyl (C=O) groups excluding carboxylic acids is 2. The predicted molar refractivity (Wildman–Crippen MR) is 166 cm³/mol. The molecule has 0 unspecified atom stereocenters. The largest absolute Gasteiger partial charge is 0.507 e. The van der Waals surface area contributed by atoms with E-state index < -0.39 is 23.1 Å². The Balaban J connectivity index is 1.10. The number of carbonyl (C=O) groups is 2. The van der Waals surface area contributed by atoms with Crippen LogP contribution in [0.1, 0.15) is 57.6 Å². The molecular weight excluding hydrogens is 603 g/mol. The zero-order chi connectivity index (χ0) is 33.2. The van der Waals surface area contributed by atoms with E-state index in [1.807, 2.05) is 30.6 Å². The number of alkyl halides is 3. The Labute approximate surface area is 267 Å². The lowest BCUT2D eigenvalue weighted by Crippen LogP contribution is -2.57. The molecule has 1 aromatic carbocycles. The van der Waals surface area contributed by atoms with Crippen molar-refractivity contribution in [3.8, 4) is 17.0 Å². The number of amides is 3. The number of ether oxygens (including phenoxy) is 1. The smallest absolute Gasteiger partial charge is 0.416 e. The number of anilines is 1. The van der Waals surface area contributed by atoms with Gasteiger partial charge in [-0.2, -0.15) is 13.2 Å². The summed E-state index contributed by atoms with van der Waals surface area (Å²) < 4.78 is 44.5. The molecule has 0 radical (unpaired) electrons. The Morgan fingerprint density at radius 2 is 1.57 bits per heavy atom. The van der Waals surface area contributed by atoms with Crippen molar-refractivity contribution >= 4 is 17.9 Å². The molecule has 11 nitrogen and oxygen atoms in total. The van der Waals surface area contributed by atoms with E-state index in [9.17, 15) is 27.9 Å². The molecular formula is C32H44F3N7O4. The van der Waals surface area contributed by atoms with Crippen molar-refractivity contribution in [2.24, 2.45) is 0 Å². The van der Waals surface area contributed by atoms with Crippen molar-refractivity contribution < 1.29 is 32.6 Å². The van der Waals surface area contributed by atoms with Crippen molar-refractivity contribution in [1.29, 1.82) is 0 Å². The Hall–Kier alpha value is -3.81. The molecule has 252 valence electrons. The van der Waals surface area contributed by atoms with E-state index in [-0.39, 0.29) is 23.7 Å². The van der Waals surface area contributed by atoms with Gasteiger partial charge in [0.15, 0.2) is 0 Å². The van der Waals surface area contributed by atoms with E-state index in [1.165, 1.54) is 6.07 Å². The van der Waals surface area contributed by atoms with Crippen molar-refractivity contribution in [2.45, 2.75) is 77.2 Å². The van der Waals surface area contributed by atoms with Crippen molar-refractivity contribution in [2.75, 3.05) is 57.7 Å². The second kappa shape index (κ2) is 13.5. The number of piperazine rings is 1. The summed E-state index contributed by atoms with van der Waals surface area (Å²) >= 11 is 0. The van der Waals surface area contributed by atoms with E-state index in [0.717, 1.165) is 44.8 Å². The lowest BCUT2D eigenvalue weighted by Gasteiger charge is -2.44. The number of nitrogens with zero attached hydrogens (tertiary/aromatic N) is 6. The van der Waals surface area contributed by atoms with Gasteiger partial charge >= 0.3 is 18.3 Å². The van der Waals surface area contributed by atoms with E-state index in [4.69, 9.17) is 4.74 Å². The van der Waals surface area contributed by atoms with E-state index in [2.05, 4.69) is 20.4 Å². The quantitative estimate of drug-likeness (QED) is 0.466. The van der Waals surface area contributed by atoms with Gasteiger partial charge in [0.1, 0.15) is 17.2 Å². The number of aryl methyl sites for hydroxylation is 1. The highest BCUT2D eigenvalue weighted by Gasteiger charge is 2.34. The highest BCUT2D eigenvalue weighted by molar-refractivity contribution is 5.75. The topological polar surface area (TPSA) is 114 Å². The summed E-state index contributed by atoms with van der Waals surface area (Å²) in [5.41, 5.74) is -0.269. The van der Waals surface area contributed by atoms with Crippen LogP contribution in [0.25, 0.3) is 11.3 Å². The Morgan fingerprint density at radius 3 is 2.17 bits per heavy atom. The molecule has 14 heteroatoms. The van der Waals surface area contributed by atoms with Crippen LogP contribution < -0.4 is 5.32 Å². The zero-order valence-corrected chi connectivity index (χ0v) is 26.9. The van der Waals surface area contributed by atoms with Gasteiger partial charge in [0.25, 0.3) is 0 Å². The van der Waals surface area contributed by atoms with E-state index >= 15 is 0 Å². The van der Waals surface area contributed by atoms with Crippen LogP contribution in [0, 0.1) is 6.92 Å². The first-order chi connectivity index (χ1) is 21.7. The summed E-state index contributed by atoms with van der Waals surface area (Å²) in [6.45, 7) is 12.4. The van der Waals surface area contributed by atoms with Gasteiger partial charge in [-0.25, -0.2) is 9.59 Å². The molecule has 3 aliphatic heterocycles. The standard InChI is InChI=1S/C32H44F3N7O4/c1-21-18-27(37-38-28(21)25-8-7-22(19-26(25)43)32(33,34)35)36-23-6-5-11-42(20-23)24-9-12-39(13-10-24)29(44)40-14-16-41(17-15-40)30(45)46-31(2,3)4/h7-8,18-19,23-24,43H,5-6,9-17,20H2,1-4H3,(H,36,37)/t23-/m1/s1. The molecule has 3 fully saturated rings. The van der Waals surface area contributed by atoms with Gasteiger partial charge in [-0.15, -0.1) is 10.2 Å². The number of likely N-dealkylation sites (tertiary alicyclic amines) is 2. The highest BCUT2D eigenvalue weighted by atomic mass is 19.4. The van der Waals surface area contributed by atoms with Crippen LogP contribution in [0.15, 0.2) is 24.3 Å². The SMILES string of the molecule is Cc1cc(N[C@@H]2CCCN(C3CCN(C(=O)N4CCN(C(=O)OC(C)(C)C)CC4)CC3)C2)nnc1-c1ccc(C(F)(F)F)cc1O. The fourth-order valence-corrected chi connectivity index (χ4v) is 6.42. The minimum Gasteiger partial charge on any atom is -0.507 e. The van der Waals surface area contributed by atoms with Crippen molar-refractivity contribution in [3.05, 3.63) is 35.4 Å². The minimum atomic E-state index is -4.55. The van der Waals surface area contributed by atoms with Gasteiger partial charge < -0.3 is 29.9 Å². The Bertz CT molecular complexity index is 1400. The van der Waals surface area contributed by atoms with Crippen molar-refractivity contribution in [1.82, 2.24) is 29.8 Å². The molecule has 0 aliphatic carbocycles. The van der Waals surface area contributed by atoms with Crippen LogP contribution in [-0.4, -0.2) is 117 Å². The first kappa shape index (κ1) is 33.6. The predicted octanol–water partition coefficient (Wildman–Crippen LogP) is 5.19. The van der Waals surface area contributed by atoms with Gasteiger partial charge in [-0.3, -0.25) is 4.90 Å². The maximum absolute atomic E-state index is 13.2. The third kappa shape index (κ3) is 8.12. The summed E-state index contributed by atoms with van der Waals surface area (Å²) in [6.07, 6.45) is -1.13. The van der Waals surface area contributed by atoms with Crippen LogP contribution in [-0.2, 0) is 10.9 Å². The molecule has 1 atom stereocenters. The Kier molecular flexibility index (Phi) is 9.85. The molecule has 5 rings (SSSR count). The van der Waals surface area contributed by atoms with Crippen molar-refractivity contribution in [3.63, 3.8) is 0 Å². The molecule has 3 saturated heterocycles. The summed E-state index contributed by atoms with van der Waals surface area (Å²) in [7, 11) is 0. The van der Waals surface area contributed by atoms with Crippen LogP contribution in [0.4, 0.5) is 28.6 Å². The lowest BCUT2D eigenvalue weighted by atomic mass is 9.98. The van der Waals surface area contributed by atoms with Gasteiger partial charge in [0.05, 0.1) is 11.3 Å². The molecule has 0 bridgehead atoms. The number of phenols is 1. The van der Waals surface area contributed by atoms with Crippen LogP contribution >= 0.6 is 0 Å². The van der Waals surface area contributed by atoms with Gasteiger partial charge in [0.2, 0.25) is 0 Å². The van der Waals surface area contributed by atoms with E-state index in [1.54, 1.807) is 17.9 Å². The first-order valence-electron chi connectivity index (χ1n) is 16.0. The highest BCUT2D eigenvalue weighted by Crippen LogP contribution is 2.37. The summed E-state index contributed by atoms with van der Waals surface area (Å²) in [5.74, 6) is 0.0797. The second-order valence-corrected chi connectivity index (χ2v) is 13.4. The fraction of sp³-hybridized carbons (Fsp3) is 0.625. The van der Waals surface area contributed by atoms with Crippen LogP contribution in [0.2, 0.25) is 0 Å². The summed E-state index contributed by atoms with van der Waals surface area (Å²) in [6, 6.07) is 5.19. The second-order valence-electron chi connectivity index (χ2n) is 13.4. The lowest BCUT2D eigenvalue weighted by molar-refractivity contribution is -0.137. The van der Waals surface area contributed by atoms with Crippen LogP contribution in [0.5, 0.6) is 5.75 Å². The number of phenolic OH excluding ortho intramolecular Hbond substituents is 1. The number of hydrogen-bond acceptors (Lipinski definition) is 8. The number of urea groups is 1. The Morgan fingerprint density at radius 1 is 0.913 bits per heavy atom. The summed E-state index contributed by atoms with van der Waals surface area (Å²) in [4.78, 5) is 33.5. The molecule has 1 aromatic heterocycles. The molecule has 0 spiro atoms. The van der Waals surface area contributed by atoms with E-state index in [0.29, 0.717) is 68.5 Å². The monoisotopic (exact) mass is 647 g/mol. The number of halogens is 3. The average molecular weight is 648 g/mol. The zero-order valence-electron chi connectivity index (χ0n) is 26.9. The third-order valence-corrected chi connectivity index (χ3v) is 8.82. The number of aromatic nitrogens is 2. The molecule has 3 aliphatic rings. The maximum Gasteiger partial charge on any atom is 0.416 e. The normalized spacial score (nSPS) is 20.5. The molecule has 46 heavy (non-hydrogen) atoms. The third-order valence-electron chi connectivity index (χ3n) is 8.82. The maximum atomic E-state index is 13.2. The summed E-state index contributed by atoms with van der Waals surface area (Å²) in [5, 5.41) is 22.2. The average Bonchev–Trinajstić information content (AvgIpc) is 3.00. The minimum absolute atomic E-state index is 0.0301. The molecule has 2 N–H and O–H groups in total. The number of hydrogen-bond donors (Lipinski definition) is 2. The van der Waals surface area contributed by atoms with Gasteiger partial charge in [0, 0.05) is 63.5 Å². The molecule has 3 amide bonds. The number of nitrogens with one attached hydrogen (secondary N) is 1. The van der Waals surface area contributed by atoms with Gasteiger partial charge in [-0.1, -0.05) is 0 Å². The first-order valence-corrected chi connectivity index (χ1v) is 16.0. The molecule has 0 saturated carbocycles. The number of benzene rings is 1. The number of aromatic hydroxyl groups is 1. The molecule has 4 heterocycles.